The molecule has 0 radical (unpaired) electrons. The molecule has 0 atom stereocenters. The van der Waals surface area contributed by atoms with Gasteiger partial charge in [-0.05, 0) is 35.7 Å². The Labute approximate surface area is 161 Å². The maximum atomic E-state index is 12.2. The number of hydrogen-bond acceptors (Lipinski definition) is 5. The van der Waals surface area contributed by atoms with Gasteiger partial charge >= 0.3 is 0 Å². The van der Waals surface area contributed by atoms with Gasteiger partial charge in [0.15, 0.2) is 5.13 Å². The zero-order chi connectivity index (χ0) is 18.5. The molecule has 5 nitrogen and oxygen atoms in total. The lowest BCUT2D eigenvalue weighted by Gasteiger charge is -2.08. The van der Waals surface area contributed by atoms with Crippen molar-refractivity contribution in [2.45, 2.75) is 26.2 Å². The Morgan fingerprint density at radius 3 is 2.62 bits per heavy atom. The van der Waals surface area contributed by atoms with E-state index in [-0.39, 0.29) is 12.3 Å². The zero-order valence-corrected chi connectivity index (χ0v) is 16.1. The third kappa shape index (κ3) is 5.03. The number of thiazole rings is 1. The molecule has 2 heterocycles. The summed E-state index contributed by atoms with van der Waals surface area (Å²) in [6.45, 7) is 4.28. The Balaban J connectivity index is 1.56. The number of nitrogens with zero attached hydrogens (tertiary/aromatic N) is 2. The van der Waals surface area contributed by atoms with Crippen molar-refractivity contribution in [2.24, 2.45) is 0 Å². The van der Waals surface area contributed by atoms with Crippen molar-refractivity contribution in [2.75, 3.05) is 10.6 Å². The van der Waals surface area contributed by atoms with Crippen LogP contribution in [0.15, 0.2) is 48.0 Å². The van der Waals surface area contributed by atoms with E-state index in [9.17, 15) is 4.79 Å². The van der Waals surface area contributed by atoms with Gasteiger partial charge in [-0.15, -0.1) is 11.3 Å². The number of nitrogens with one attached hydrogen (secondary N) is 2. The highest BCUT2D eigenvalue weighted by molar-refractivity contribution is 7.13. The Morgan fingerprint density at radius 2 is 1.96 bits per heavy atom. The quantitative estimate of drug-likeness (QED) is 0.608. The van der Waals surface area contributed by atoms with Crippen LogP contribution >= 0.6 is 22.9 Å². The number of rotatable bonds is 6. The third-order valence-corrected chi connectivity index (χ3v) is 4.75. The average molecular weight is 387 g/mol. The van der Waals surface area contributed by atoms with E-state index in [0.717, 1.165) is 5.69 Å². The molecule has 0 fully saturated rings. The van der Waals surface area contributed by atoms with E-state index in [1.807, 2.05) is 29.6 Å². The molecule has 1 aromatic carbocycles. The monoisotopic (exact) mass is 386 g/mol. The molecule has 0 unspecified atom stereocenters. The first kappa shape index (κ1) is 18.4. The van der Waals surface area contributed by atoms with Crippen LogP contribution < -0.4 is 10.6 Å². The molecule has 0 saturated carbocycles. The van der Waals surface area contributed by atoms with Crippen molar-refractivity contribution < 1.29 is 4.79 Å². The van der Waals surface area contributed by atoms with Gasteiger partial charge in [-0.3, -0.25) is 4.79 Å². The molecule has 0 bridgehead atoms. The van der Waals surface area contributed by atoms with Gasteiger partial charge < -0.3 is 10.6 Å². The van der Waals surface area contributed by atoms with Gasteiger partial charge in [-0.1, -0.05) is 37.6 Å². The molecule has 0 aliphatic rings. The molecule has 134 valence electrons. The average Bonchev–Trinajstić information content (AvgIpc) is 3.04. The van der Waals surface area contributed by atoms with E-state index in [2.05, 4.69) is 34.4 Å². The van der Waals surface area contributed by atoms with Crippen LogP contribution in [0, 0.1) is 0 Å². The Kier molecular flexibility index (Phi) is 5.85. The number of amides is 1. The standard InChI is InChI=1S/C19H19ClN4OS/c1-12(2)13-3-6-15(7-4-13)22-18(25)9-16-11-26-19(23-16)24-17-8-5-14(20)10-21-17/h3-8,10-12H,9H2,1-2H3,(H,22,25)(H,21,23,24). The lowest BCUT2D eigenvalue weighted by molar-refractivity contribution is -0.115. The van der Waals surface area contributed by atoms with E-state index < -0.39 is 0 Å². The predicted octanol–water partition coefficient (Wildman–Crippen LogP) is 5.24. The molecule has 2 N–H and O–H groups in total. The number of anilines is 3. The van der Waals surface area contributed by atoms with Gasteiger partial charge in [-0.2, -0.15) is 0 Å². The van der Waals surface area contributed by atoms with Gasteiger partial charge in [-0.25, -0.2) is 9.97 Å². The van der Waals surface area contributed by atoms with Crippen LogP contribution in [-0.2, 0) is 11.2 Å². The molecule has 26 heavy (non-hydrogen) atoms. The van der Waals surface area contributed by atoms with Crippen molar-refractivity contribution in [3.05, 3.63) is 64.3 Å². The molecule has 2 aromatic heterocycles. The summed E-state index contributed by atoms with van der Waals surface area (Å²) in [5.41, 5.74) is 2.75. The normalized spacial score (nSPS) is 10.8. The van der Waals surface area contributed by atoms with Crippen molar-refractivity contribution in [1.29, 1.82) is 0 Å². The minimum absolute atomic E-state index is 0.0937. The van der Waals surface area contributed by atoms with Crippen molar-refractivity contribution >= 4 is 45.5 Å². The van der Waals surface area contributed by atoms with E-state index in [1.165, 1.54) is 16.9 Å². The first-order valence-corrected chi connectivity index (χ1v) is 9.48. The highest BCUT2D eigenvalue weighted by atomic mass is 35.5. The summed E-state index contributed by atoms with van der Waals surface area (Å²) in [5.74, 6) is 1.03. The van der Waals surface area contributed by atoms with Crippen LogP contribution in [-0.4, -0.2) is 15.9 Å². The maximum Gasteiger partial charge on any atom is 0.230 e. The number of hydrogen-bond donors (Lipinski definition) is 2. The Bertz CT molecular complexity index is 875. The fraction of sp³-hybridized carbons (Fsp3) is 0.211. The van der Waals surface area contributed by atoms with Gasteiger partial charge in [0.1, 0.15) is 5.82 Å². The molecule has 0 spiro atoms. The third-order valence-electron chi connectivity index (χ3n) is 3.72. The van der Waals surface area contributed by atoms with Crippen LogP contribution in [0.3, 0.4) is 0 Å². The van der Waals surface area contributed by atoms with Crippen LogP contribution in [0.4, 0.5) is 16.6 Å². The predicted molar refractivity (Wildman–Crippen MR) is 108 cm³/mol. The Morgan fingerprint density at radius 1 is 1.19 bits per heavy atom. The maximum absolute atomic E-state index is 12.2. The molecule has 3 aromatic rings. The molecule has 0 saturated heterocycles. The summed E-state index contributed by atoms with van der Waals surface area (Å²) < 4.78 is 0. The largest absolute Gasteiger partial charge is 0.326 e. The number of benzene rings is 1. The number of aromatic nitrogens is 2. The van der Waals surface area contributed by atoms with Crippen LogP contribution in [0.2, 0.25) is 5.02 Å². The summed E-state index contributed by atoms with van der Waals surface area (Å²) in [6, 6.07) is 11.4. The van der Waals surface area contributed by atoms with E-state index in [4.69, 9.17) is 11.6 Å². The van der Waals surface area contributed by atoms with E-state index in [0.29, 0.717) is 27.6 Å². The molecule has 1 amide bonds. The summed E-state index contributed by atoms with van der Waals surface area (Å²) in [6.07, 6.45) is 1.79. The lowest BCUT2D eigenvalue weighted by Crippen LogP contribution is -2.14. The first-order chi connectivity index (χ1) is 12.5. The van der Waals surface area contributed by atoms with Gasteiger partial charge in [0.05, 0.1) is 17.1 Å². The van der Waals surface area contributed by atoms with Crippen LogP contribution in [0.5, 0.6) is 0 Å². The number of carbonyl (C=O) groups is 1. The van der Waals surface area contributed by atoms with Crippen LogP contribution in [0.1, 0.15) is 31.0 Å². The second kappa shape index (κ2) is 8.29. The fourth-order valence-corrected chi connectivity index (χ4v) is 3.15. The molecule has 3 rings (SSSR count). The van der Waals surface area contributed by atoms with E-state index >= 15 is 0 Å². The molecule has 0 aliphatic heterocycles. The molecule has 0 aliphatic carbocycles. The summed E-state index contributed by atoms with van der Waals surface area (Å²) >= 11 is 7.25. The minimum Gasteiger partial charge on any atom is -0.326 e. The molecule has 7 heteroatoms. The lowest BCUT2D eigenvalue weighted by atomic mass is 10.0. The fourth-order valence-electron chi connectivity index (χ4n) is 2.33. The number of carbonyl (C=O) groups excluding carboxylic acids is 1. The SMILES string of the molecule is CC(C)c1ccc(NC(=O)Cc2csc(Nc3ccc(Cl)cn3)n2)cc1. The van der Waals surface area contributed by atoms with Crippen molar-refractivity contribution in [3.8, 4) is 0 Å². The molecular weight excluding hydrogens is 368 g/mol. The molecular formula is C19H19ClN4OS. The highest BCUT2D eigenvalue weighted by Gasteiger charge is 2.09. The van der Waals surface area contributed by atoms with Gasteiger partial charge in [0, 0.05) is 17.3 Å². The second-order valence-corrected chi connectivity index (χ2v) is 7.43. The summed E-state index contributed by atoms with van der Waals surface area (Å²) in [4.78, 5) is 20.8. The topological polar surface area (TPSA) is 66.9 Å². The van der Waals surface area contributed by atoms with Crippen molar-refractivity contribution in [1.82, 2.24) is 9.97 Å². The zero-order valence-electron chi connectivity index (χ0n) is 14.5. The van der Waals surface area contributed by atoms with E-state index in [1.54, 1.807) is 18.3 Å². The number of pyridine rings is 1. The second-order valence-electron chi connectivity index (χ2n) is 6.13. The van der Waals surface area contributed by atoms with Crippen LogP contribution in [0.25, 0.3) is 0 Å². The highest BCUT2D eigenvalue weighted by Crippen LogP contribution is 2.21. The number of halogens is 1. The van der Waals surface area contributed by atoms with Gasteiger partial charge in [0.25, 0.3) is 0 Å². The van der Waals surface area contributed by atoms with Gasteiger partial charge in [0.2, 0.25) is 5.91 Å². The summed E-state index contributed by atoms with van der Waals surface area (Å²) in [5, 5.41) is 9.12. The minimum atomic E-state index is -0.0937. The first-order valence-electron chi connectivity index (χ1n) is 8.22. The van der Waals surface area contributed by atoms with Crippen molar-refractivity contribution in [3.63, 3.8) is 0 Å². The smallest absolute Gasteiger partial charge is 0.230 e. The summed E-state index contributed by atoms with van der Waals surface area (Å²) in [7, 11) is 0. The Hall–Kier alpha value is -2.44.